The maximum absolute atomic E-state index is 12.4. The molecule has 1 aliphatic heterocycles. The largest absolute Gasteiger partial charge is 0.369 e. The van der Waals surface area contributed by atoms with Gasteiger partial charge in [0.05, 0.1) is 5.92 Å². The van der Waals surface area contributed by atoms with Crippen LogP contribution < -0.4 is 11.1 Å². The number of rotatable bonds is 3. The van der Waals surface area contributed by atoms with Gasteiger partial charge in [0.25, 0.3) is 0 Å². The number of urea groups is 1. The Morgan fingerprint density at radius 1 is 1.33 bits per heavy atom. The fraction of sp³-hybridized carbons (Fsp3) is 0.500. The summed E-state index contributed by atoms with van der Waals surface area (Å²) >= 11 is 0. The van der Waals surface area contributed by atoms with Gasteiger partial charge in [0, 0.05) is 18.8 Å². The molecule has 0 bridgehead atoms. The SMILES string of the molecule is CC(C)c1ccccc1NC(=O)N1CCCC(C(N)=O)C1. The van der Waals surface area contributed by atoms with Crippen LogP contribution in [0.25, 0.3) is 0 Å². The zero-order valence-electron chi connectivity index (χ0n) is 12.6. The fourth-order valence-corrected chi connectivity index (χ4v) is 2.70. The molecule has 1 aromatic rings. The lowest BCUT2D eigenvalue weighted by Crippen LogP contribution is -2.45. The molecule has 1 aliphatic rings. The van der Waals surface area contributed by atoms with Crippen molar-refractivity contribution >= 4 is 17.6 Å². The highest BCUT2D eigenvalue weighted by Crippen LogP contribution is 2.24. The van der Waals surface area contributed by atoms with Crippen molar-refractivity contribution in [1.82, 2.24) is 4.90 Å². The van der Waals surface area contributed by atoms with Crippen molar-refractivity contribution in [2.24, 2.45) is 11.7 Å². The summed E-state index contributed by atoms with van der Waals surface area (Å²) in [5.74, 6) is -0.221. The first-order valence-electron chi connectivity index (χ1n) is 7.43. The van der Waals surface area contributed by atoms with Crippen molar-refractivity contribution in [1.29, 1.82) is 0 Å². The molecule has 114 valence electrons. The summed E-state index contributed by atoms with van der Waals surface area (Å²) < 4.78 is 0. The van der Waals surface area contributed by atoms with E-state index in [9.17, 15) is 9.59 Å². The quantitative estimate of drug-likeness (QED) is 0.897. The van der Waals surface area contributed by atoms with Crippen molar-refractivity contribution in [3.05, 3.63) is 29.8 Å². The van der Waals surface area contributed by atoms with E-state index >= 15 is 0 Å². The van der Waals surface area contributed by atoms with E-state index in [0.717, 1.165) is 24.1 Å². The zero-order chi connectivity index (χ0) is 15.4. The van der Waals surface area contributed by atoms with Crippen LogP contribution >= 0.6 is 0 Å². The number of hydrogen-bond acceptors (Lipinski definition) is 2. The predicted octanol–water partition coefficient (Wildman–Crippen LogP) is 2.54. The number of nitrogens with one attached hydrogen (secondary N) is 1. The molecule has 3 amide bonds. The molecule has 21 heavy (non-hydrogen) atoms. The Labute approximate surface area is 125 Å². The molecule has 0 aromatic heterocycles. The summed E-state index contributed by atoms with van der Waals surface area (Å²) in [6, 6.07) is 7.64. The zero-order valence-corrected chi connectivity index (χ0v) is 12.6. The summed E-state index contributed by atoms with van der Waals surface area (Å²) in [5, 5.41) is 2.96. The summed E-state index contributed by atoms with van der Waals surface area (Å²) in [4.78, 5) is 25.3. The smallest absolute Gasteiger partial charge is 0.321 e. The highest BCUT2D eigenvalue weighted by molar-refractivity contribution is 5.91. The molecule has 1 fully saturated rings. The second kappa shape index (κ2) is 6.61. The number of carbonyl (C=O) groups is 2. The van der Waals surface area contributed by atoms with Crippen molar-refractivity contribution in [2.75, 3.05) is 18.4 Å². The fourth-order valence-electron chi connectivity index (χ4n) is 2.70. The second-order valence-electron chi connectivity index (χ2n) is 5.86. The first-order chi connectivity index (χ1) is 9.99. The Hall–Kier alpha value is -2.04. The van der Waals surface area contributed by atoms with Gasteiger partial charge in [0.1, 0.15) is 0 Å². The van der Waals surface area contributed by atoms with Gasteiger partial charge in [-0.05, 0) is 30.4 Å². The molecule has 0 radical (unpaired) electrons. The normalized spacial score (nSPS) is 18.6. The van der Waals surface area contributed by atoms with Crippen LogP contribution in [-0.4, -0.2) is 29.9 Å². The standard InChI is InChI=1S/C16H23N3O2/c1-11(2)13-7-3-4-8-14(13)18-16(21)19-9-5-6-12(10-19)15(17)20/h3-4,7-8,11-12H,5-6,9-10H2,1-2H3,(H2,17,20)(H,18,21). The van der Waals surface area contributed by atoms with Gasteiger partial charge in [-0.2, -0.15) is 0 Å². The summed E-state index contributed by atoms with van der Waals surface area (Å²) in [6.45, 7) is 5.26. The summed E-state index contributed by atoms with van der Waals surface area (Å²) in [6.07, 6.45) is 1.58. The Morgan fingerprint density at radius 3 is 2.71 bits per heavy atom. The van der Waals surface area contributed by atoms with Crippen LogP contribution in [0.2, 0.25) is 0 Å². The maximum atomic E-state index is 12.4. The second-order valence-corrected chi connectivity index (χ2v) is 5.86. The van der Waals surface area contributed by atoms with Crippen LogP contribution in [-0.2, 0) is 4.79 Å². The molecule has 1 heterocycles. The van der Waals surface area contributed by atoms with Crippen LogP contribution in [0, 0.1) is 5.92 Å². The monoisotopic (exact) mass is 289 g/mol. The molecular weight excluding hydrogens is 266 g/mol. The number of amides is 3. The summed E-state index contributed by atoms with van der Waals surface area (Å²) in [5.41, 5.74) is 7.29. The number of likely N-dealkylation sites (tertiary alicyclic amines) is 1. The lowest BCUT2D eigenvalue weighted by molar-refractivity contribution is -0.123. The Bertz CT molecular complexity index is 528. The average molecular weight is 289 g/mol. The maximum Gasteiger partial charge on any atom is 0.321 e. The predicted molar refractivity (Wildman–Crippen MR) is 83.0 cm³/mol. The number of primary amides is 1. The topological polar surface area (TPSA) is 75.4 Å². The van der Waals surface area contributed by atoms with Crippen LogP contribution in [0.4, 0.5) is 10.5 Å². The van der Waals surface area contributed by atoms with Gasteiger partial charge in [-0.3, -0.25) is 4.79 Å². The van der Waals surface area contributed by atoms with E-state index in [1.54, 1.807) is 4.90 Å². The molecule has 2 rings (SSSR count). The van der Waals surface area contributed by atoms with Gasteiger partial charge < -0.3 is 16.0 Å². The van der Waals surface area contributed by atoms with Gasteiger partial charge in [-0.15, -0.1) is 0 Å². The molecule has 1 aromatic carbocycles. The van der Waals surface area contributed by atoms with E-state index in [0.29, 0.717) is 19.0 Å². The lowest BCUT2D eigenvalue weighted by atomic mass is 9.98. The number of anilines is 1. The number of carbonyl (C=O) groups excluding carboxylic acids is 2. The molecule has 5 heteroatoms. The number of hydrogen-bond donors (Lipinski definition) is 2. The van der Waals surface area contributed by atoms with E-state index in [1.807, 2.05) is 24.3 Å². The Kier molecular flexibility index (Phi) is 4.83. The number of para-hydroxylation sites is 1. The highest BCUT2D eigenvalue weighted by Gasteiger charge is 2.27. The van der Waals surface area contributed by atoms with Crippen LogP contribution in [0.3, 0.4) is 0 Å². The molecule has 1 atom stereocenters. The van der Waals surface area contributed by atoms with Crippen LogP contribution in [0.1, 0.15) is 38.2 Å². The van der Waals surface area contributed by atoms with Gasteiger partial charge in [0.15, 0.2) is 0 Å². The first kappa shape index (κ1) is 15.4. The first-order valence-corrected chi connectivity index (χ1v) is 7.43. The molecule has 0 spiro atoms. The molecule has 0 aliphatic carbocycles. The third-order valence-electron chi connectivity index (χ3n) is 3.94. The van der Waals surface area contributed by atoms with E-state index in [1.165, 1.54) is 0 Å². The highest BCUT2D eigenvalue weighted by atomic mass is 16.2. The summed E-state index contributed by atoms with van der Waals surface area (Å²) in [7, 11) is 0. The van der Waals surface area contributed by atoms with Gasteiger partial charge in [-0.25, -0.2) is 4.79 Å². The molecule has 3 N–H and O–H groups in total. The van der Waals surface area contributed by atoms with Crippen molar-refractivity contribution < 1.29 is 9.59 Å². The Balaban J connectivity index is 2.06. The van der Waals surface area contributed by atoms with E-state index < -0.39 is 0 Å². The van der Waals surface area contributed by atoms with Gasteiger partial charge in [0.2, 0.25) is 5.91 Å². The Morgan fingerprint density at radius 2 is 2.05 bits per heavy atom. The third-order valence-corrected chi connectivity index (χ3v) is 3.94. The van der Waals surface area contributed by atoms with Crippen LogP contribution in [0.5, 0.6) is 0 Å². The van der Waals surface area contributed by atoms with Gasteiger partial charge >= 0.3 is 6.03 Å². The molecule has 1 unspecified atom stereocenters. The van der Waals surface area contributed by atoms with Crippen LogP contribution in [0.15, 0.2) is 24.3 Å². The molecule has 1 saturated heterocycles. The number of nitrogens with two attached hydrogens (primary N) is 1. The van der Waals surface area contributed by atoms with Crippen molar-refractivity contribution in [3.8, 4) is 0 Å². The number of benzene rings is 1. The number of piperidine rings is 1. The average Bonchev–Trinajstić information content (AvgIpc) is 2.47. The minimum Gasteiger partial charge on any atom is -0.369 e. The lowest BCUT2D eigenvalue weighted by Gasteiger charge is -2.31. The van der Waals surface area contributed by atoms with Crippen molar-refractivity contribution in [3.63, 3.8) is 0 Å². The minimum absolute atomic E-state index is 0.158. The third kappa shape index (κ3) is 3.74. The van der Waals surface area contributed by atoms with E-state index in [-0.39, 0.29) is 17.9 Å². The molecule has 5 nitrogen and oxygen atoms in total. The van der Waals surface area contributed by atoms with Crippen molar-refractivity contribution in [2.45, 2.75) is 32.6 Å². The molecular formula is C16H23N3O2. The van der Waals surface area contributed by atoms with Gasteiger partial charge in [-0.1, -0.05) is 32.0 Å². The van der Waals surface area contributed by atoms with E-state index in [2.05, 4.69) is 19.2 Å². The minimum atomic E-state index is -0.324. The molecule has 0 saturated carbocycles. The van der Waals surface area contributed by atoms with E-state index in [4.69, 9.17) is 5.73 Å². The number of nitrogens with zero attached hydrogens (tertiary/aromatic N) is 1.